The number of benzene rings is 1. The highest BCUT2D eigenvalue weighted by Gasteiger charge is 2.25. The molecule has 1 saturated heterocycles. The molecule has 11 N–H and O–H groups in total. The molecular formula is C30H47ClN8O6. The number of aryl methyl sites for hydroxylation is 1. The Kier molecular flexibility index (Phi) is 14.7. The van der Waals surface area contributed by atoms with Crippen LogP contribution in [0.15, 0.2) is 24.3 Å². The van der Waals surface area contributed by atoms with Crippen LogP contribution < -0.4 is 27.4 Å². The van der Waals surface area contributed by atoms with Crippen molar-refractivity contribution in [2.75, 3.05) is 63.9 Å². The number of hydrogen-bond donors (Lipinski definition) is 9. The van der Waals surface area contributed by atoms with Gasteiger partial charge in [0.05, 0.1) is 12.7 Å². The number of halogens is 1. The van der Waals surface area contributed by atoms with E-state index in [1.54, 1.807) is 0 Å². The summed E-state index contributed by atoms with van der Waals surface area (Å²) in [4.78, 5) is 35.2. The highest BCUT2D eigenvalue weighted by molar-refractivity contribution is 6.32. The van der Waals surface area contributed by atoms with Crippen LogP contribution in [0.25, 0.3) is 0 Å². The highest BCUT2D eigenvalue weighted by atomic mass is 35.5. The van der Waals surface area contributed by atoms with Gasteiger partial charge in [0.1, 0.15) is 12.2 Å². The summed E-state index contributed by atoms with van der Waals surface area (Å²) in [5, 5.41) is 47.1. The molecule has 45 heavy (non-hydrogen) atoms. The number of nitrogen functional groups attached to an aromatic ring is 2. The third-order valence-electron chi connectivity index (χ3n) is 8.12. The van der Waals surface area contributed by atoms with Crippen molar-refractivity contribution in [1.82, 2.24) is 30.8 Å². The maximum Gasteiger partial charge on any atom is 0.273 e. The van der Waals surface area contributed by atoms with Crippen LogP contribution in [-0.2, 0) is 11.2 Å². The second kappa shape index (κ2) is 18.1. The molecule has 4 atom stereocenters. The standard InChI is InChI=1S/C30H47ClN8O6/c1-18-4-2-3-5-21(18)12-20(15-36-30(45)25-27(31)38-29(33)28(32)37-25)14-35-13-19-7-10-39(11-8-19)24(43)6-9-34-16-22(41)26(44)23(42)17-40/h2-5,19-20,22-23,26,34-35,40-42,44H,6-17H2,1H3,(H2,32,37)(H2,33,38)(H,36,45). The number of carbonyl (C=O) groups excluding carboxylic acids is 2. The summed E-state index contributed by atoms with van der Waals surface area (Å²) < 4.78 is 0. The Hall–Kier alpha value is -3.11. The van der Waals surface area contributed by atoms with E-state index in [1.807, 2.05) is 17.0 Å². The SMILES string of the molecule is Cc1ccccc1CC(CNCC1CCN(C(=O)CCNCC(O)C(O)C(O)CO)CC1)CNC(=O)c1nc(N)c(N)nc1Cl. The van der Waals surface area contributed by atoms with Crippen LogP contribution in [0.5, 0.6) is 0 Å². The van der Waals surface area contributed by atoms with Gasteiger partial charge >= 0.3 is 0 Å². The van der Waals surface area contributed by atoms with E-state index < -0.39 is 30.8 Å². The minimum Gasteiger partial charge on any atom is -0.394 e. The van der Waals surface area contributed by atoms with E-state index in [-0.39, 0.29) is 47.3 Å². The first-order chi connectivity index (χ1) is 21.5. The fraction of sp³-hybridized carbons (Fsp3) is 0.600. The molecule has 1 aliphatic heterocycles. The molecule has 2 aromatic rings. The number of nitrogens with zero attached hydrogens (tertiary/aromatic N) is 3. The first-order valence-corrected chi connectivity index (χ1v) is 15.6. The highest BCUT2D eigenvalue weighted by Crippen LogP contribution is 2.19. The van der Waals surface area contributed by atoms with Gasteiger partial charge in [0, 0.05) is 39.1 Å². The molecule has 1 aliphatic rings. The van der Waals surface area contributed by atoms with Gasteiger partial charge in [0.25, 0.3) is 5.91 Å². The number of nitrogens with two attached hydrogens (primary N) is 2. The second-order valence-electron chi connectivity index (χ2n) is 11.6. The van der Waals surface area contributed by atoms with Gasteiger partial charge in [0.2, 0.25) is 5.91 Å². The zero-order chi connectivity index (χ0) is 32.9. The first-order valence-electron chi connectivity index (χ1n) is 15.3. The van der Waals surface area contributed by atoms with Crippen LogP contribution >= 0.6 is 11.6 Å². The van der Waals surface area contributed by atoms with Gasteiger partial charge in [0.15, 0.2) is 22.5 Å². The Morgan fingerprint density at radius 3 is 2.40 bits per heavy atom. The van der Waals surface area contributed by atoms with Crippen molar-refractivity contribution in [2.24, 2.45) is 11.8 Å². The van der Waals surface area contributed by atoms with E-state index in [4.69, 9.17) is 28.2 Å². The Morgan fingerprint density at radius 1 is 1.02 bits per heavy atom. The van der Waals surface area contributed by atoms with Gasteiger partial charge in [-0.1, -0.05) is 35.9 Å². The lowest BCUT2D eigenvalue weighted by Gasteiger charge is -2.32. The normalized spacial score (nSPS) is 16.6. The second-order valence-corrected chi connectivity index (χ2v) is 11.9. The average molecular weight is 651 g/mol. The van der Waals surface area contributed by atoms with Crippen LogP contribution in [-0.4, -0.2) is 118 Å². The molecule has 4 unspecified atom stereocenters. The minimum absolute atomic E-state index is 0.00831. The van der Waals surface area contributed by atoms with Crippen LogP contribution in [0, 0.1) is 18.8 Å². The lowest BCUT2D eigenvalue weighted by Crippen LogP contribution is -2.45. The minimum atomic E-state index is -1.47. The third kappa shape index (κ3) is 11.3. The molecule has 2 heterocycles. The van der Waals surface area contributed by atoms with Gasteiger partial charge in [-0.15, -0.1) is 0 Å². The molecule has 3 rings (SSSR count). The predicted molar refractivity (Wildman–Crippen MR) is 171 cm³/mol. The van der Waals surface area contributed by atoms with Crippen molar-refractivity contribution in [3.63, 3.8) is 0 Å². The number of aliphatic hydroxyl groups excluding tert-OH is 4. The molecule has 15 heteroatoms. The third-order valence-corrected chi connectivity index (χ3v) is 8.39. The van der Waals surface area contributed by atoms with Crippen molar-refractivity contribution >= 4 is 35.1 Å². The summed E-state index contributed by atoms with van der Waals surface area (Å²) in [7, 11) is 0. The van der Waals surface area contributed by atoms with E-state index in [1.165, 1.54) is 11.1 Å². The summed E-state index contributed by atoms with van der Waals surface area (Å²) in [6.07, 6.45) is -1.41. The number of likely N-dealkylation sites (tertiary alicyclic amines) is 1. The quantitative estimate of drug-likeness (QED) is 0.0946. The number of piperidine rings is 1. The molecule has 250 valence electrons. The Balaban J connectivity index is 1.43. The van der Waals surface area contributed by atoms with Gasteiger partial charge in [-0.2, -0.15) is 0 Å². The Labute approximate surface area is 268 Å². The average Bonchev–Trinajstić information content (AvgIpc) is 3.03. The molecule has 14 nitrogen and oxygen atoms in total. The number of amides is 2. The first kappa shape index (κ1) is 36.4. The van der Waals surface area contributed by atoms with E-state index >= 15 is 0 Å². The molecule has 0 spiro atoms. The molecule has 0 radical (unpaired) electrons. The summed E-state index contributed by atoms with van der Waals surface area (Å²) in [5.74, 6) is -0.0666. The zero-order valence-corrected chi connectivity index (χ0v) is 26.4. The number of rotatable bonds is 17. The van der Waals surface area contributed by atoms with Crippen molar-refractivity contribution < 1.29 is 30.0 Å². The van der Waals surface area contributed by atoms with Crippen molar-refractivity contribution in [3.05, 3.63) is 46.2 Å². The largest absolute Gasteiger partial charge is 0.394 e. The maximum atomic E-state index is 12.8. The number of nitrogens with one attached hydrogen (secondary N) is 3. The van der Waals surface area contributed by atoms with Gasteiger partial charge in [-0.25, -0.2) is 9.97 Å². The van der Waals surface area contributed by atoms with Crippen LogP contribution in [0.3, 0.4) is 0 Å². The van der Waals surface area contributed by atoms with E-state index in [0.29, 0.717) is 38.6 Å². The maximum absolute atomic E-state index is 12.8. The predicted octanol–water partition coefficient (Wildman–Crippen LogP) is -0.926. The van der Waals surface area contributed by atoms with Crippen molar-refractivity contribution in [1.29, 1.82) is 0 Å². The summed E-state index contributed by atoms with van der Waals surface area (Å²) in [6, 6.07) is 8.15. The molecular weight excluding hydrogens is 604 g/mol. The molecule has 0 aliphatic carbocycles. The molecule has 2 amide bonds. The Morgan fingerprint density at radius 2 is 1.71 bits per heavy atom. The molecule has 1 fully saturated rings. The number of aromatic nitrogens is 2. The van der Waals surface area contributed by atoms with Gasteiger partial charge < -0.3 is 52.7 Å². The summed E-state index contributed by atoms with van der Waals surface area (Å²) >= 11 is 6.09. The number of aliphatic hydroxyl groups is 4. The lowest BCUT2D eigenvalue weighted by molar-refractivity contribution is -0.132. The van der Waals surface area contributed by atoms with E-state index in [2.05, 4.69) is 45.0 Å². The summed E-state index contributed by atoms with van der Waals surface area (Å²) in [6.45, 7) is 4.87. The Bertz CT molecular complexity index is 1250. The molecule has 0 bridgehead atoms. The van der Waals surface area contributed by atoms with Crippen LogP contribution in [0.1, 0.15) is 40.9 Å². The summed E-state index contributed by atoms with van der Waals surface area (Å²) in [5.41, 5.74) is 13.7. The van der Waals surface area contributed by atoms with Gasteiger partial charge in [-0.05, 0) is 62.2 Å². The zero-order valence-electron chi connectivity index (χ0n) is 25.7. The molecule has 1 aromatic heterocycles. The van der Waals surface area contributed by atoms with E-state index in [0.717, 1.165) is 25.8 Å². The van der Waals surface area contributed by atoms with E-state index in [9.17, 15) is 24.9 Å². The van der Waals surface area contributed by atoms with Gasteiger partial charge in [-0.3, -0.25) is 9.59 Å². The monoisotopic (exact) mass is 650 g/mol. The fourth-order valence-corrected chi connectivity index (χ4v) is 5.46. The lowest BCUT2D eigenvalue weighted by atomic mass is 9.94. The smallest absolute Gasteiger partial charge is 0.273 e. The number of hydrogen-bond acceptors (Lipinski definition) is 12. The van der Waals surface area contributed by atoms with Crippen LogP contribution in [0.4, 0.5) is 11.6 Å². The van der Waals surface area contributed by atoms with Crippen molar-refractivity contribution in [3.8, 4) is 0 Å². The fourth-order valence-electron chi connectivity index (χ4n) is 5.24. The molecule has 1 aromatic carbocycles. The topological polar surface area (TPSA) is 232 Å². The number of carbonyl (C=O) groups is 2. The number of anilines is 2. The van der Waals surface area contributed by atoms with Crippen LogP contribution in [0.2, 0.25) is 5.15 Å². The van der Waals surface area contributed by atoms with Crippen molar-refractivity contribution in [2.45, 2.75) is 50.9 Å². The molecule has 0 saturated carbocycles.